The molecule has 0 fully saturated rings. The predicted octanol–water partition coefficient (Wildman–Crippen LogP) is 4.23. The normalized spacial score (nSPS) is 15.4. The van der Waals surface area contributed by atoms with Crippen molar-refractivity contribution in [3.05, 3.63) is 65.7 Å². The second-order valence-corrected chi connectivity index (χ2v) is 8.27. The Morgan fingerprint density at radius 2 is 1.65 bits per heavy atom. The van der Waals surface area contributed by atoms with E-state index in [4.69, 9.17) is 9.47 Å². The number of esters is 2. The maximum Gasteiger partial charge on any atom is 0.329 e. The Morgan fingerprint density at radius 3 is 2.32 bits per heavy atom. The number of ether oxygens (including phenoxy) is 2. The van der Waals surface area contributed by atoms with Crippen molar-refractivity contribution in [3.8, 4) is 0 Å². The lowest BCUT2D eigenvalue weighted by Crippen LogP contribution is -2.51. The van der Waals surface area contributed by atoms with Crippen LogP contribution in [0.15, 0.2) is 54.6 Å². The molecule has 0 spiro atoms. The van der Waals surface area contributed by atoms with E-state index >= 15 is 0 Å². The molecule has 7 heteroatoms. The van der Waals surface area contributed by atoms with E-state index in [0.717, 1.165) is 11.1 Å². The second kappa shape index (κ2) is 12.2. The highest BCUT2D eigenvalue weighted by molar-refractivity contribution is 6.01. The Kier molecular flexibility index (Phi) is 9.08. The average molecular weight is 467 g/mol. The van der Waals surface area contributed by atoms with Crippen LogP contribution in [0.2, 0.25) is 0 Å². The fourth-order valence-corrected chi connectivity index (χ4v) is 4.34. The number of para-hydroxylation sites is 1. The Balaban J connectivity index is 1.81. The fraction of sp³-hybridized carbons (Fsp3) is 0.444. The molecule has 3 rings (SSSR count). The van der Waals surface area contributed by atoms with Gasteiger partial charge in [0.2, 0.25) is 0 Å². The number of hydrogen-bond donors (Lipinski definition) is 0. The monoisotopic (exact) mass is 466 g/mol. The number of benzene rings is 2. The Labute approximate surface area is 201 Å². The fourth-order valence-electron chi connectivity index (χ4n) is 4.34. The second-order valence-electron chi connectivity index (χ2n) is 8.27. The highest BCUT2D eigenvalue weighted by Gasteiger charge is 2.41. The number of carbonyl (C=O) groups excluding carboxylic acids is 3. The van der Waals surface area contributed by atoms with Crippen molar-refractivity contribution in [2.75, 3.05) is 31.2 Å². The number of nitrogens with zero attached hydrogens (tertiary/aromatic N) is 2. The molecule has 0 saturated carbocycles. The number of fused-ring (bicyclic) bond motifs is 1. The summed E-state index contributed by atoms with van der Waals surface area (Å²) in [6, 6.07) is 16.4. The van der Waals surface area contributed by atoms with Crippen molar-refractivity contribution in [1.82, 2.24) is 4.90 Å². The molecular formula is C27H34N2O5. The molecule has 2 amide bonds. The van der Waals surface area contributed by atoms with Gasteiger partial charge in [-0.25, -0.2) is 9.59 Å². The standard InChI is InChI=1S/C27H34N2O5/c1-4-28(19-22(25(30)33-5-2)17-16-20-12-8-7-9-13-20)27(32)29-23-15-11-10-14-21(23)18-24(29)26(31)34-6-3/h7-15,22,24H,4-6,16-19H2,1-3H3/t22?,24-/m0/s1. The van der Waals surface area contributed by atoms with Crippen LogP contribution in [0.3, 0.4) is 0 Å². The predicted molar refractivity (Wildman–Crippen MR) is 131 cm³/mol. The van der Waals surface area contributed by atoms with E-state index < -0.39 is 17.9 Å². The number of amides is 2. The summed E-state index contributed by atoms with van der Waals surface area (Å²) in [6.45, 7) is 6.55. The van der Waals surface area contributed by atoms with E-state index in [1.165, 1.54) is 4.90 Å². The first kappa shape index (κ1) is 25.3. The van der Waals surface area contributed by atoms with Crippen LogP contribution in [-0.2, 0) is 31.9 Å². The molecule has 0 bridgehead atoms. The lowest BCUT2D eigenvalue weighted by atomic mass is 9.99. The van der Waals surface area contributed by atoms with E-state index in [2.05, 4.69) is 0 Å². The van der Waals surface area contributed by atoms with E-state index in [-0.39, 0.29) is 31.8 Å². The Morgan fingerprint density at radius 1 is 0.971 bits per heavy atom. The van der Waals surface area contributed by atoms with Crippen molar-refractivity contribution in [2.45, 2.75) is 46.1 Å². The molecule has 0 radical (unpaired) electrons. The molecule has 182 valence electrons. The van der Waals surface area contributed by atoms with E-state index in [1.54, 1.807) is 18.7 Å². The molecule has 1 aliphatic heterocycles. The molecule has 0 saturated heterocycles. The lowest BCUT2D eigenvalue weighted by molar-refractivity contribution is -0.149. The molecule has 1 aliphatic rings. The van der Waals surface area contributed by atoms with Crippen LogP contribution in [0.1, 0.15) is 38.3 Å². The minimum Gasteiger partial charge on any atom is -0.466 e. The van der Waals surface area contributed by atoms with Crippen LogP contribution in [0.5, 0.6) is 0 Å². The minimum atomic E-state index is -0.718. The summed E-state index contributed by atoms with van der Waals surface area (Å²) in [5.41, 5.74) is 2.76. The number of anilines is 1. The zero-order valence-electron chi connectivity index (χ0n) is 20.2. The quantitative estimate of drug-likeness (QED) is 0.490. The highest BCUT2D eigenvalue weighted by Crippen LogP contribution is 2.34. The third-order valence-corrected chi connectivity index (χ3v) is 6.08. The molecule has 0 aliphatic carbocycles. The van der Waals surface area contributed by atoms with Crippen LogP contribution >= 0.6 is 0 Å². The van der Waals surface area contributed by atoms with E-state index in [9.17, 15) is 14.4 Å². The first-order chi connectivity index (χ1) is 16.5. The molecule has 2 aromatic rings. The van der Waals surface area contributed by atoms with E-state index in [1.807, 2.05) is 61.5 Å². The van der Waals surface area contributed by atoms with Crippen LogP contribution in [-0.4, -0.2) is 55.2 Å². The van der Waals surface area contributed by atoms with Gasteiger partial charge < -0.3 is 14.4 Å². The van der Waals surface area contributed by atoms with Gasteiger partial charge in [0.1, 0.15) is 6.04 Å². The zero-order chi connectivity index (χ0) is 24.5. The first-order valence-corrected chi connectivity index (χ1v) is 12.0. The van der Waals surface area contributed by atoms with Gasteiger partial charge in [-0.2, -0.15) is 0 Å². The largest absolute Gasteiger partial charge is 0.466 e. The van der Waals surface area contributed by atoms with Crippen LogP contribution in [0.4, 0.5) is 10.5 Å². The highest BCUT2D eigenvalue weighted by atomic mass is 16.5. The molecular weight excluding hydrogens is 432 g/mol. The lowest BCUT2D eigenvalue weighted by Gasteiger charge is -2.32. The average Bonchev–Trinajstić information content (AvgIpc) is 3.24. The molecule has 34 heavy (non-hydrogen) atoms. The summed E-state index contributed by atoms with van der Waals surface area (Å²) < 4.78 is 10.6. The maximum atomic E-state index is 13.7. The molecule has 7 nitrogen and oxygen atoms in total. The summed E-state index contributed by atoms with van der Waals surface area (Å²) in [5.74, 6) is -1.20. The molecule has 0 aromatic heterocycles. The number of rotatable bonds is 10. The van der Waals surface area contributed by atoms with Crippen molar-refractivity contribution in [1.29, 1.82) is 0 Å². The molecule has 0 N–H and O–H groups in total. The van der Waals surface area contributed by atoms with Gasteiger partial charge in [0.05, 0.1) is 19.1 Å². The maximum absolute atomic E-state index is 13.7. The smallest absolute Gasteiger partial charge is 0.329 e. The summed E-state index contributed by atoms with van der Waals surface area (Å²) in [4.78, 5) is 42.4. The number of carbonyl (C=O) groups is 3. The Hall–Kier alpha value is -3.35. The van der Waals surface area contributed by atoms with Crippen molar-refractivity contribution in [2.24, 2.45) is 5.92 Å². The van der Waals surface area contributed by atoms with Crippen LogP contribution < -0.4 is 4.90 Å². The van der Waals surface area contributed by atoms with E-state index in [0.29, 0.717) is 31.5 Å². The van der Waals surface area contributed by atoms with Gasteiger partial charge in [-0.15, -0.1) is 0 Å². The third kappa shape index (κ3) is 5.95. The first-order valence-electron chi connectivity index (χ1n) is 12.0. The van der Waals surface area contributed by atoms with Gasteiger partial charge >= 0.3 is 18.0 Å². The Bertz CT molecular complexity index is 978. The van der Waals surface area contributed by atoms with Crippen molar-refractivity contribution >= 4 is 23.7 Å². The van der Waals surface area contributed by atoms with Gasteiger partial charge in [0.25, 0.3) is 0 Å². The third-order valence-electron chi connectivity index (χ3n) is 6.08. The van der Waals surface area contributed by atoms with Crippen LogP contribution in [0.25, 0.3) is 0 Å². The van der Waals surface area contributed by atoms with Crippen molar-refractivity contribution in [3.63, 3.8) is 0 Å². The number of aryl methyl sites for hydroxylation is 1. The van der Waals surface area contributed by atoms with Gasteiger partial charge in [0.15, 0.2) is 0 Å². The van der Waals surface area contributed by atoms with Gasteiger partial charge in [-0.1, -0.05) is 48.5 Å². The summed E-state index contributed by atoms with van der Waals surface area (Å²) in [6.07, 6.45) is 1.67. The number of hydrogen-bond acceptors (Lipinski definition) is 5. The SMILES string of the molecule is CCOC(=O)C(CCc1ccccc1)CN(CC)C(=O)N1c2ccccc2C[C@H]1C(=O)OCC. The summed E-state index contributed by atoms with van der Waals surface area (Å²) in [5, 5.41) is 0. The molecule has 2 atom stereocenters. The van der Waals surface area contributed by atoms with Gasteiger partial charge in [0, 0.05) is 25.2 Å². The van der Waals surface area contributed by atoms with Gasteiger partial charge in [-0.3, -0.25) is 9.69 Å². The summed E-state index contributed by atoms with van der Waals surface area (Å²) in [7, 11) is 0. The van der Waals surface area contributed by atoms with Gasteiger partial charge in [-0.05, 0) is 50.8 Å². The summed E-state index contributed by atoms with van der Waals surface area (Å²) >= 11 is 0. The zero-order valence-corrected chi connectivity index (χ0v) is 20.2. The molecule has 1 unspecified atom stereocenters. The minimum absolute atomic E-state index is 0.217. The molecule has 2 aromatic carbocycles. The topological polar surface area (TPSA) is 76.2 Å². The number of urea groups is 1. The van der Waals surface area contributed by atoms with Crippen LogP contribution in [0, 0.1) is 5.92 Å². The van der Waals surface area contributed by atoms with Crippen molar-refractivity contribution < 1.29 is 23.9 Å². The molecule has 1 heterocycles.